The Morgan fingerprint density at radius 3 is 2.41 bits per heavy atom. The van der Waals surface area contributed by atoms with E-state index in [0.717, 1.165) is 11.4 Å². The minimum absolute atomic E-state index is 0.865. The largest absolute Gasteiger partial charge is 0.497 e. The molecule has 0 atom stereocenters. The monoisotopic (exact) mass is 237 g/mol. The highest BCUT2D eigenvalue weighted by atomic mass is 16.9. The molecular weight excluding hydrogens is 226 g/mol. The maximum atomic E-state index is 8.36. The third-order valence-corrected chi connectivity index (χ3v) is 1.87. The molecule has 1 aromatic carbocycles. The maximum Gasteiger partial charge on any atom is 0.291 e. The van der Waals surface area contributed by atoms with Crippen LogP contribution < -0.4 is 4.74 Å². The summed E-state index contributed by atoms with van der Waals surface area (Å²) in [4.78, 5) is 12.3. The summed E-state index contributed by atoms with van der Waals surface area (Å²) in [5.41, 5.74) is 1.08. The van der Waals surface area contributed by atoms with Gasteiger partial charge in [-0.1, -0.05) is 0 Å². The highest BCUT2D eigenvalue weighted by Crippen LogP contribution is 2.13. The number of imidazole rings is 1. The third kappa shape index (κ3) is 4.20. The summed E-state index contributed by atoms with van der Waals surface area (Å²) in [6.07, 6.45) is 5.42. The maximum absolute atomic E-state index is 8.36. The molecule has 0 saturated carbocycles. The third-order valence-electron chi connectivity index (χ3n) is 1.87. The molecule has 0 amide bonds. The molecule has 0 fully saturated rings. The van der Waals surface area contributed by atoms with Gasteiger partial charge < -0.3 is 14.5 Å². The van der Waals surface area contributed by atoms with Gasteiger partial charge in [-0.25, -0.2) is 4.98 Å². The minimum atomic E-state index is -1.50. The summed E-state index contributed by atoms with van der Waals surface area (Å²) >= 11 is 0. The van der Waals surface area contributed by atoms with E-state index in [1.54, 1.807) is 19.6 Å². The second-order valence-corrected chi connectivity index (χ2v) is 2.91. The van der Waals surface area contributed by atoms with Crippen molar-refractivity contribution in [3.05, 3.63) is 53.1 Å². The normalized spacial score (nSPS) is 9.00. The predicted molar refractivity (Wildman–Crippen MR) is 58.9 cm³/mol. The van der Waals surface area contributed by atoms with Crippen molar-refractivity contribution in [1.29, 1.82) is 0 Å². The fourth-order valence-electron chi connectivity index (χ4n) is 1.17. The van der Waals surface area contributed by atoms with E-state index >= 15 is 0 Å². The van der Waals surface area contributed by atoms with Gasteiger partial charge in [-0.05, 0) is 24.3 Å². The molecule has 0 radical (unpaired) electrons. The number of nitrogens with zero attached hydrogens (tertiary/aromatic N) is 3. The van der Waals surface area contributed by atoms with E-state index in [1.807, 2.05) is 35.0 Å². The lowest BCUT2D eigenvalue weighted by atomic mass is 10.3. The van der Waals surface area contributed by atoms with Crippen LogP contribution >= 0.6 is 0 Å². The summed E-state index contributed by atoms with van der Waals surface area (Å²) < 4.78 is 7.01. The van der Waals surface area contributed by atoms with E-state index in [4.69, 9.17) is 20.1 Å². The summed E-state index contributed by atoms with van der Waals surface area (Å²) in [6, 6.07) is 7.83. The van der Waals surface area contributed by atoms with Gasteiger partial charge in [0.2, 0.25) is 0 Å². The molecule has 2 aromatic rings. The Balaban J connectivity index is 0.000000317. The van der Waals surface area contributed by atoms with Crippen LogP contribution in [0.15, 0.2) is 43.0 Å². The molecular formula is C10H11N3O4. The van der Waals surface area contributed by atoms with Crippen LogP contribution in [0, 0.1) is 10.1 Å². The predicted octanol–water partition coefficient (Wildman–Crippen LogP) is 1.53. The first-order valence-electron chi connectivity index (χ1n) is 4.59. The number of benzene rings is 1. The second-order valence-electron chi connectivity index (χ2n) is 2.91. The van der Waals surface area contributed by atoms with E-state index in [-0.39, 0.29) is 0 Å². The first-order valence-corrected chi connectivity index (χ1v) is 4.59. The average Bonchev–Trinajstić information content (AvgIpc) is 2.82. The molecule has 0 unspecified atom stereocenters. The Bertz CT molecular complexity index is 449. The number of methoxy groups -OCH3 is 1. The van der Waals surface area contributed by atoms with Crippen molar-refractivity contribution in [3.63, 3.8) is 0 Å². The zero-order chi connectivity index (χ0) is 12.7. The van der Waals surface area contributed by atoms with Crippen LogP contribution in [0.1, 0.15) is 0 Å². The number of hydrogen-bond acceptors (Lipinski definition) is 4. The van der Waals surface area contributed by atoms with E-state index < -0.39 is 5.09 Å². The number of ether oxygens (including phenoxy) is 1. The average molecular weight is 237 g/mol. The molecule has 7 nitrogen and oxygen atoms in total. The Hall–Kier alpha value is -2.57. The molecule has 0 saturated heterocycles. The Labute approximate surface area is 97.0 Å². The molecule has 0 aliphatic carbocycles. The Morgan fingerprint density at radius 2 is 2.00 bits per heavy atom. The van der Waals surface area contributed by atoms with E-state index in [2.05, 4.69) is 4.98 Å². The summed E-state index contributed by atoms with van der Waals surface area (Å²) in [7, 11) is 1.66. The number of aromatic nitrogens is 2. The minimum Gasteiger partial charge on any atom is -0.497 e. The Kier molecular flexibility index (Phi) is 4.49. The second kappa shape index (κ2) is 6.11. The van der Waals surface area contributed by atoms with Gasteiger partial charge in [0.1, 0.15) is 5.75 Å². The van der Waals surface area contributed by atoms with Crippen LogP contribution in [0.25, 0.3) is 5.69 Å². The van der Waals surface area contributed by atoms with Crippen molar-refractivity contribution >= 4 is 0 Å². The molecule has 90 valence electrons. The van der Waals surface area contributed by atoms with Crippen LogP contribution in [-0.2, 0) is 0 Å². The van der Waals surface area contributed by atoms with Crippen molar-refractivity contribution < 1.29 is 15.0 Å². The SMILES string of the molecule is COc1ccc(-n2ccnc2)cc1.O=[N+]([O-])O. The molecule has 0 bridgehead atoms. The van der Waals surface area contributed by atoms with Crippen LogP contribution in [0.3, 0.4) is 0 Å². The molecule has 0 spiro atoms. The summed E-state index contributed by atoms with van der Waals surface area (Å²) in [5.74, 6) is 0.865. The van der Waals surface area contributed by atoms with Crippen molar-refractivity contribution in [2.75, 3.05) is 7.11 Å². The molecule has 1 aromatic heterocycles. The van der Waals surface area contributed by atoms with Gasteiger partial charge >= 0.3 is 0 Å². The highest BCUT2D eigenvalue weighted by Gasteiger charge is 1.94. The summed E-state index contributed by atoms with van der Waals surface area (Å²) in [6.45, 7) is 0. The number of hydrogen-bond donors (Lipinski definition) is 1. The lowest BCUT2D eigenvalue weighted by Gasteiger charge is -2.03. The number of rotatable bonds is 2. The van der Waals surface area contributed by atoms with Crippen molar-refractivity contribution in [2.24, 2.45) is 0 Å². The van der Waals surface area contributed by atoms with E-state index in [1.165, 1.54) is 0 Å². The lowest BCUT2D eigenvalue weighted by molar-refractivity contribution is -0.742. The molecule has 0 aliphatic heterocycles. The fraction of sp³-hybridized carbons (Fsp3) is 0.100. The molecule has 1 N–H and O–H groups in total. The smallest absolute Gasteiger partial charge is 0.291 e. The van der Waals surface area contributed by atoms with Gasteiger partial charge in [-0.15, -0.1) is 10.1 Å². The molecule has 2 rings (SSSR count). The first kappa shape index (κ1) is 12.5. The van der Waals surface area contributed by atoms with Gasteiger partial charge in [-0.2, -0.15) is 0 Å². The molecule has 17 heavy (non-hydrogen) atoms. The topological polar surface area (TPSA) is 90.4 Å². The molecule has 0 aliphatic rings. The summed E-state index contributed by atoms with van der Waals surface area (Å²) in [5, 5.41) is 13.6. The fourth-order valence-corrected chi connectivity index (χ4v) is 1.17. The quantitative estimate of drug-likeness (QED) is 0.631. The van der Waals surface area contributed by atoms with Crippen LogP contribution in [0.5, 0.6) is 5.75 Å². The standard InChI is InChI=1S/C10H10N2O.HNO3/c1-13-10-4-2-9(3-5-10)12-7-6-11-8-12;2-1(3)4/h2-8H,1H3;(H,2,3,4). The van der Waals surface area contributed by atoms with E-state index in [0.29, 0.717) is 0 Å². The zero-order valence-corrected chi connectivity index (χ0v) is 9.06. The van der Waals surface area contributed by atoms with Crippen molar-refractivity contribution in [2.45, 2.75) is 0 Å². The van der Waals surface area contributed by atoms with Gasteiger partial charge in [0, 0.05) is 18.1 Å². The van der Waals surface area contributed by atoms with Gasteiger partial charge in [0.25, 0.3) is 5.09 Å². The first-order chi connectivity index (χ1) is 8.13. The van der Waals surface area contributed by atoms with Crippen LogP contribution in [0.4, 0.5) is 0 Å². The van der Waals surface area contributed by atoms with Gasteiger partial charge in [-0.3, -0.25) is 0 Å². The molecule has 7 heteroatoms. The van der Waals surface area contributed by atoms with Gasteiger partial charge in [0.15, 0.2) is 0 Å². The lowest BCUT2D eigenvalue weighted by Crippen LogP contribution is -1.89. The van der Waals surface area contributed by atoms with Crippen molar-refractivity contribution in [1.82, 2.24) is 9.55 Å². The zero-order valence-electron chi connectivity index (χ0n) is 9.06. The molecule has 1 heterocycles. The Morgan fingerprint density at radius 1 is 1.41 bits per heavy atom. The van der Waals surface area contributed by atoms with E-state index in [9.17, 15) is 0 Å². The highest BCUT2D eigenvalue weighted by molar-refractivity contribution is 5.37. The van der Waals surface area contributed by atoms with Crippen LogP contribution in [0.2, 0.25) is 0 Å². The van der Waals surface area contributed by atoms with Crippen LogP contribution in [-0.4, -0.2) is 27.0 Å². The van der Waals surface area contributed by atoms with Gasteiger partial charge in [0.05, 0.1) is 13.4 Å². The van der Waals surface area contributed by atoms with Crippen molar-refractivity contribution in [3.8, 4) is 11.4 Å².